The number of benzene rings is 1. The average molecular weight is 255 g/mol. The fraction of sp³-hybridized carbons (Fsp3) is 0.273. The molecule has 0 aliphatic rings. The molecule has 1 atom stereocenters. The van der Waals surface area contributed by atoms with E-state index in [1.54, 1.807) is 11.0 Å². The highest BCUT2D eigenvalue weighted by Gasteiger charge is 2.05. The lowest BCUT2D eigenvalue weighted by Crippen LogP contribution is -2.11. The molecule has 0 amide bonds. The SMILES string of the molecule is Cl.NC(CCO)c1ccc(-n2cncn2)cc1. The first-order chi connectivity index (χ1) is 7.81. The van der Waals surface area contributed by atoms with E-state index in [0.717, 1.165) is 11.3 Å². The number of hydrogen-bond donors (Lipinski definition) is 2. The number of nitrogens with zero attached hydrogens (tertiary/aromatic N) is 3. The van der Waals surface area contributed by atoms with Gasteiger partial charge in [0.2, 0.25) is 0 Å². The summed E-state index contributed by atoms with van der Waals surface area (Å²) >= 11 is 0. The zero-order valence-electron chi connectivity index (χ0n) is 9.23. The molecule has 0 bridgehead atoms. The Labute approximate surface area is 106 Å². The molecule has 1 unspecified atom stereocenters. The molecule has 0 fully saturated rings. The minimum Gasteiger partial charge on any atom is -0.396 e. The summed E-state index contributed by atoms with van der Waals surface area (Å²) < 4.78 is 1.68. The maximum atomic E-state index is 8.80. The van der Waals surface area contributed by atoms with Crippen molar-refractivity contribution in [3.63, 3.8) is 0 Å². The first-order valence-corrected chi connectivity index (χ1v) is 5.12. The third-order valence-electron chi connectivity index (χ3n) is 2.44. The number of hydrogen-bond acceptors (Lipinski definition) is 4. The van der Waals surface area contributed by atoms with Crippen LogP contribution in [0, 0.1) is 0 Å². The first-order valence-electron chi connectivity index (χ1n) is 5.12. The fourth-order valence-corrected chi connectivity index (χ4v) is 1.52. The van der Waals surface area contributed by atoms with E-state index < -0.39 is 0 Å². The number of halogens is 1. The average Bonchev–Trinajstić information content (AvgIpc) is 2.83. The molecule has 1 heterocycles. The van der Waals surface area contributed by atoms with Crippen molar-refractivity contribution in [1.82, 2.24) is 14.8 Å². The predicted molar refractivity (Wildman–Crippen MR) is 67.2 cm³/mol. The molecular weight excluding hydrogens is 240 g/mol. The van der Waals surface area contributed by atoms with Gasteiger partial charge in [-0.15, -0.1) is 12.4 Å². The Bertz CT molecular complexity index is 429. The third-order valence-corrected chi connectivity index (χ3v) is 2.44. The Hall–Kier alpha value is -1.43. The Kier molecular flexibility index (Phi) is 5.09. The van der Waals surface area contributed by atoms with Gasteiger partial charge in [-0.1, -0.05) is 12.1 Å². The van der Waals surface area contributed by atoms with Gasteiger partial charge in [0.05, 0.1) is 5.69 Å². The van der Waals surface area contributed by atoms with Crippen molar-refractivity contribution in [3.05, 3.63) is 42.5 Å². The Morgan fingerprint density at radius 3 is 2.53 bits per heavy atom. The smallest absolute Gasteiger partial charge is 0.138 e. The van der Waals surface area contributed by atoms with Crippen molar-refractivity contribution in [2.45, 2.75) is 12.5 Å². The van der Waals surface area contributed by atoms with Gasteiger partial charge in [0.25, 0.3) is 0 Å². The number of aliphatic hydroxyl groups excluding tert-OH is 1. The molecular formula is C11H15ClN4O. The van der Waals surface area contributed by atoms with Crippen LogP contribution in [0.25, 0.3) is 5.69 Å². The monoisotopic (exact) mass is 254 g/mol. The van der Waals surface area contributed by atoms with E-state index in [0.29, 0.717) is 6.42 Å². The van der Waals surface area contributed by atoms with Crippen LogP contribution in [0.1, 0.15) is 18.0 Å². The molecule has 1 aromatic heterocycles. The number of aromatic nitrogens is 3. The molecule has 0 radical (unpaired) electrons. The van der Waals surface area contributed by atoms with Crippen molar-refractivity contribution < 1.29 is 5.11 Å². The van der Waals surface area contributed by atoms with Gasteiger partial charge in [-0.05, 0) is 24.1 Å². The van der Waals surface area contributed by atoms with Crippen LogP contribution >= 0.6 is 12.4 Å². The van der Waals surface area contributed by atoms with Gasteiger partial charge in [0, 0.05) is 12.6 Å². The van der Waals surface area contributed by atoms with Crippen molar-refractivity contribution in [2.24, 2.45) is 5.73 Å². The Balaban J connectivity index is 0.00000144. The highest BCUT2D eigenvalue weighted by Crippen LogP contribution is 2.15. The van der Waals surface area contributed by atoms with Crippen LogP contribution in [0.3, 0.4) is 0 Å². The minimum atomic E-state index is -0.116. The summed E-state index contributed by atoms with van der Waals surface area (Å²) in [5, 5.41) is 12.8. The predicted octanol–water partition coefficient (Wildman–Crippen LogP) is 1.07. The molecule has 6 heteroatoms. The van der Waals surface area contributed by atoms with E-state index in [-0.39, 0.29) is 25.1 Å². The van der Waals surface area contributed by atoms with Gasteiger partial charge >= 0.3 is 0 Å². The van der Waals surface area contributed by atoms with E-state index in [1.165, 1.54) is 6.33 Å². The van der Waals surface area contributed by atoms with Crippen LogP contribution in [0.2, 0.25) is 0 Å². The number of nitrogens with two attached hydrogens (primary N) is 1. The van der Waals surface area contributed by atoms with E-state index >= 15 is 0 Å². The lowest BCUT2D eigenvalue weighted by Gasteiger charge is -2.10. The second-order valence-corrected chi connectivity index (χ2v) is 3.55. The van der Waals surface area contributed by atoms with E-state index in [9.17, 15) is 0 Å². The molecule has 0 spiro atoms. The van der Waals surface area contributed by atoms with Crippen molar-refractivity contribution >= 4 is 12.4 Å². The van der Waals surface area contributed by atoms with Gasteiger partial charge in [-0.25, -0.2) is 9.67 Å². The maximum absolute atomic E-state index is 8.80. The summed E-state index contributed by atoms with van der Waals surface area (Å²) in [6, 6.07) is 7.63. The van der Waals surface area contributed by atoms with Crippen molar-refractivity contribution in [2.75, 3.05) is 6.61 Å². The third kappa shape index (κ3) is 3.26. The van der Waals surface area contributed by atoms with Crippen LogP contribution < -0.4 is 5.73 Å². The quantitative estimate of drug-likeness (QED) is 0.856. The van der Waals surface area contributed by atoms with Crippen LogP contribution in [0.15, 0.2) is 36.9 Å². The standard InChI is InChI=1S/C11H14N4O.ClH/c12-11(5-6-16)9-1-3-10(4-2-9)15-8-13-7-14-15;/h1-4,7-8,11,16H,5-6,12H2;1H. The van der Waals surface area contributed by atoms with Crippen LogP contribution in [-0.4, -0.2) is 26.5 Å². The summed E-state index contributed by atoms with van der Waals surface area (Å²) in [4.78, 5) is 3.88. The molecule has 0 aliphatic carbocycles. The summed E-state index contributed by atoms with van der Waals surface area (Å²) in [6.07, 6.45) is 3.71. The highest BCUT2D eigenvalue weighted by molar-refractivity contribution is 5.85. The normalized spacial score (nSPS) is 11.9. The van der Waals surface area contributed by atoms with Gasteiger partial charge in [0.1, 0.15) is 12.7 Å². The second kappa shape index (κ2) is 6.34. The fourth-order valence-electron chi connectivity index (χ4n) is 1.52. The Morgan fingerprint density at radius 1 is 1.29 bits per heavy atom. The summed E-state index contributed by atoms with van der Waals surface area (Å²) in [7, 11) is 0. The largest absolute Gasteiger partial charge is 0.396 e. The molecule has 0 saturated heterocycles. The molecule has 2 rings (SSSR count). The van der Waals surface area contributed by atoms with Crippen LogP contribution in [-0.2, 0) is 0 Å². The summed E-state index contributed by atoms with van der Waals surface area (Å²) in [5.41, 5.74) is 7.83. The Morgan fingerprint density at radius 2 is 2.00 bits per heavy atom. The second-order valence-electron chi connectivity index (χ2n) is 3.55. The molecule has 2 aromatic rings. The molecule has 3 N–H and O–H groups in total. The van der Waals surface area contributed by atoms with E-state index in [4.69, 9.17) is 10.8 Å². The van der Waals surface area contributed by atoms with Gasteiger partial charge < -0.3 is 10.8 Å². The zero-order valence-corrected chi connectivity index (χ0v) is 10.0. The molecule has 5 nitrogen and oxygen atoms in total. The summed E-state index contributed by atoms with van der Waals surface area (Å²) in [5.74, 6) is 0. The lowest BCUT2D eigenvalue weighted by molar-refractivity contribution is 0.276. The molecule has 0 aliphatic heterocycles. The molecule has 1 aromatic carbocycles. The van der Waals surface area contributed by atoms with E-state index in [1.807, 2.05) is 24.3 Å². The number of aliphatic hydroxyl groups is 1. The van der Waals surface area contributed by atoms with Crippen molar-refractivity contribution in [3.8, 4) is 5.69 Å². The lowest BCUT2D eigenvalue weighted by atomic mass is 10.1. The van der Waals surface area contributed by atoms with Gasteiger partial charge in [-0.2, -0.15) is 5.10 Å². The van der Waals surface area contributed by atoms with Crippen LogP contribution in [0.5, 0.6) is 0 Å². The van der Waals surface area contributed by atoms with E-state index in [2.05, 4.69) is 10.1 Å². The molecule has 0 saturated carbocycles. The number of rotatable bonds is 4. The van der Waals surface area contributed by atoms with Crippen molar-refractivity contribution in [1.29, 1.82) is 0 Å². The van der Waals surface area contributed by atoms with Gasteiger partial charge in [-0.3, -0.25) is 0 Å². The van der Waals surface area contributed by atoms with Gasteiger partial charge in [0.15, 0.2) is 0 Å². The molecule has 17 heavy (non-hydrogen) atoms. The highest BCUT2D eigenvalue weighted by atomic mass is 35.5. The summed E-state index contributed by atoms with van der Waals surface area (Å²) in [6.45, 7) is 0.103. The minimum absolute atomic E-state index is 0. The van der Waals surface area contributed by atoms with Crippen LogP contribution in [0.4, 0.5) is 0 Å². The topological polar surface area (TPSA) is 77.0 Å². The zero-order chi connectivity index (χ0) is 11.4. The first kappa shape index (κ1) is 13.6. The molecule has 92 valence electrons. The maximum Gasteiger partial charge on any atom is 0.138 e.